The first-order valence-electron chi connectivity index (χ1n) is 9.59. The summed E-state index contributed by atoms with van der Waals surface area (Å²) >= 11 is 0. The molecular weight excluding hydrogens is 395 g/mol. The van der Waals surface area contributed by atoms with Gasteiger partial charge in [-0.2, -0.15) is 8.78 Å². The molecule has 1 saturated heterocycles. The number of allylic oxidation sites excluding steroid dienone is 3. The van der Waals surface area contributed by atoms with Gasteiger partial charge in [0.05, 0.1) is 11.9 Å². The number of halogens is 3. The summed E-state index contributed by atoms with van der Waals surface area (Å²) in [4.78, 5) is 21.5. The first kappa shape index (κ1) is 23.4. The Morgan fingerprint density at radius 3 is 2.43 bits per heavy atom. The normalized spacial score (nSPS) is 16.4. The van der Waals surface area contributed by atoms with Crippen LogP contribution in [-0.4, -0.2) is 34.6 Å². The summed E-state index contributed by atoms with van der Waals surface area (Å²) < 4.78 is 45.5. The standard InChI is InChI=1S/C22H26F3N3O2/c1-6-14(2)27-20(17-9-11-28(12-10-17)21(29)15(3)23)16(4)30-18-7-8-19(26-13-18)22(5,24)25/h6-8,13,17H,3-4,9-12H2,1-2,5H3/b14-6-,27-20+. The molecular formula is C22H26F3N3O2. The predicted octanol–water partition coefficient (Wildman–Crippen LogP) is 5.17. The summed E-state index contributed by atoms with van der Waals surface area (Å²) in [6.07, 6.45) is 4.15. The van der Waals surface area contributed by atoms with Gasteiger partial charge in [-0.1, -0.05) is 19.2 Å². The molecule has 162 valence electrons. The highest BCUT2D eigenvalue weighted by atomic mass is 19.3. The van der Waals surface area contributed by atoms with E-state index < -0.39 is 17.7 Å². The van der Waals surface area contributed by atoms with Gasteiger partial charge in [0.2, 0.25) is 0 Å². The number of amides is 1. The lowest BCUT2D eigenvalue weighted by Crippen LogP contribution is -2.40. The maximum absolute atomic E-state index is 13.3. The number of alkyl halides is 2. The Morgan fingerprint density at radius 1 is 1.33 bits per heavy atom. The number of hydrogen-bond acceptors (Lipinski definition) is 4. The predicted molar refractivity (Wildman–Crippen MR) is 110 cm³/mol. The summed E-state index contributed by atoms with van der Waals surface area (Å²) in [6, 6.07) is 2.60. The zero-order valence-corrected chi connectivity index (χ0v) is 17.4. The fraction of sp³-hybridized carbons (Fsp3) is 0.409. The van der Waals surface area contributed by atoms with Gasteiger partial charge in [-0.3, -0.25) is 14.8 Å². The molecule has 0 atom stereocenters. The van der Waals surface area contributed by atoms with Crippen LogP contribution in [0.4, 0.5) is 13.2 Å². The second kappa shape index (κ2) is 9.73. The number of aliphatic imine (C=N–C) groups is 1. The molecule has 1 aromatic heterocycles. The molecule has 1 aliphatic rings. The number of carbonyl (C=O) groups is 1. The lowest BCUT2D eigenvalue weighted by Gasteiger charge is -2.32. The molecule has 1 fully saturated rings. The van der Waals surface area contributed by atoms with Gasteiger partial charge in [0.25, 0.3) is 11.8 Å². The van der Waals surface area contributed by atoms with E-state index in [1.807, 2.05) is 19.9 Å². The second-order valence-corrected chi connectivity index (χ2v) is 7.19. The minimum Gasteiger partial charge on any atom is -0.454 e. The number of rotatable bonds is 7. The van der Waals surface area contributed by atoms with Crippen LogP contribution in [0.15, 0.2) is 59.8 Å². The first-order chi connectivity index (χ1) is 14.0. The monoisotopic (exact) mass is 421 g/mol. The van der Waals surface area contributed by atoms with Crippen molar-refractivity contribution >= 4 is 11.6 Å². The quantitative estimate of drug-likeness (QED) is 0.347. The Balaban J connectivity index is 2.16. The Hall–Kier alpha value is -2.90. The van der Waals surface area contributed by atoms with E-state index in [-0.39, 0.29) is 23.1 Å². The van der Waals surface area contributed by atoms with Gasteiger partial charge in [-0.15, -0.1) is 0 Å². The number of carbonyl (C=O) groups excluding carboxylic acids is 1. The molecule has 0 spiro atoms. The number of piperidine rings is 1. The van der Waals surface area contributed by atoms with Gasteiger partial charge >= 0.3 is 0 Å². The van der Waals surface area contributed by atoms with Crippen molar-refractivity contribution in [2.24, 2.45) is 10.9 Å². The van der Waals surface area contributed by atoms with Crippen LogP contribution >= 0.6 is 0 Å². The minimum atomic E-state index is -3.04. The van der Waals surface area contributed by atoms with Crippen molar-refractivity contribution < 1.29 is 22.7 Å². The van der Waals surface area contributed by atoms with E-state index in [1.165, 1.54) is 23.2 Å². The minimum absolute atomic E-state index is 0.0588. The molecule has 0 unspecified atom stereocenters. The average Bonchev–Trinajstić information content (AvgIpc) is 2.71. The van der Waals surface area contributed by atoms with Crippen molar-refractivity contribution in [3.05, 3.63) is 60.5 Å². The molecule has 1 aromatic rings. The van der Waals surface area contributed by atoms with Crippen LogP contribution in [0.5, 0.6) is 5.75 Å². The van der Waals surface area contributed by atoms with E-state index in [4.69, 9.17) is 4.74 Å². The largest absolute Gasteiger partial charge is 0.454 e. The lowest BCUT2D eigenvalue weighted by molar-refractivity contribution is -0.129. The molecule has 1 amide bonds. The van der Waals surface area contributed by atoms with Crippen LogP contribution in [0.2, 0.25) is 0 Å². The van der Waals surface area contributed by atoms with E-state index in [0.717, 1.165) is 12.6 Å². The van der Waals surface area contributed by atoms with Crippen molar-refractivity contribution in [3.63, 3.8) is 0 Å². The number of ether oxygens (including phenoxy) is 1. The summed E-state index contributed by atoms with van der Waals surface area (Å²) in [5, 5.41) is 0. The Morgan fingerprint density at radius 2 is 1.97 bits per heavy atom. The van der Waals surface area contributed by atoms with Crippen molar-refractivity contribution in [2.45, 2.75) is 39.5 Å². The Labute approximate surface area is 174 Å². The SMILES string of the molecule is C=C(F)C(=O)N1CCC(/C(=N/C(C)=C\C)C(=C)Oc2ccc(C(C)(F)F)nc2)CC1. The molecule has 0 aliphatic carbocycles. The van der Waals surface area contributed by atoms with Crippen LogP contribution in [0.1, 0.15) is 39.3 Å². The molecule has 2 heterocycles. The third-order valence-electron chi connectivity index (χ3n) is 4.83. The van der Waals surface area contributed by atoms with Crippen molar-refractivity contribution in [3.8, 4) is 5.75 Å². The van der Waals surface area contributed by atoms with E-state index >= 15 is 0 Å². The molecule has 0 saturated carbocycles. The number of nitrogens with zero attached hydrogens (tertiary/aromatic N) is 3. The number of aromatic nitrogens is 1. The number of likely N-dealkylation sites (tertiary alicyclic amines) is 1. The van der Waals surface area contributed by atoms with Crippen molar-refractivity contribution in [2.75, 3.05) is 13.1 Å². The third-order valence-corrected chi connectivity index (χ3v) is 4.83. The topological polar surface area (TPSA) is 54.8 Å². The Kier molecular flexibility index (Phi) is 7.59. The van der Waals surface area contributed by atoms with Crippen LogP contribution < -0.4 is 4.74 Å². The highest BCUT2D eigenvalue weighted by Gasteiger charge is 2.29. The maximum atomic E-state index is 13.3. The van der Waals surface area contributed by atoms with E-state index in [9.17, 15) is 18.0 Å². The molecule has 5 nitrogen and oxygen atoms in total. The summed E-state index contributed by atoms with van der Waals surface area (Å²) in [5.41, 5.74) is 0.997. The van der Waals surface area contributed by atoms with E-state index in [2.05, 4.69) is 23.1 Å². The molecule has 1 aliphatic heterocycles. The number of hydrogen-bond donors (Lipinski definition) is 0. The molecule has 0 bridgehead atoms. The van der Waals surface area contributed by atoms with Crippen molar-refractivity contribution in [1.29, 1.82) is 0 Å². The zero-order valence-electron chi connectivity index (χ0n) is 17.4. The maximum Gasteiger partial charge on any atom is 0.286 e. The van der Waals surface area contributed by atoms with Crippen LogP contribution in [-0.2, 0) is 10.7 Å². The number of pyridine rings is 1. The Bertz CT molecular complexity index is 863. The van der Waals surface area contributed by atoms with Gasteiger partial charge in [-0.25, -0.2) is 4.39 Å². The smallest absolute Gasteiger partial charge is 0.286 e. The highest BCUT2D eigenvalue weighted by Crippen LogP contribution is 2.28. The van der Waals surface area contributed by atoms with Gasteiger partial charge in [0.1, 0.15) is 17.2 Å². The van der Waals surface area contributed by atoms with Crippen LogP contribution in [0.3, 0.4) is 0 Å². The van der Waals surface area contributed by atoms with Gasteiger partial charge < -0.3 is 9.64 Å². The molecule has 0 radical (unpaired) electrons. The van der Waals surface area contributed by atoms with Gasteiger partial charge in [0.15, 0.2) is 5.83 Å². The summed E-state index contributed by atoms with van der Waals surface area (Å²) in [6.45, 7) is 12.2. The highest BCUT2D eigenvalue weighted by molar-refractivity contribution is 6.01. The first-order valence-corrected chi connectivity index (χ1v) is 9.59. The fourth-order valence-electron chi connectivity index (χ4n) is 3.06. The molecule has 0 N–H and O–H groups in total. The van der Waals surface area contributed by atoms with Crippen LogP contribution in [0.25, 0.3) is 0 Å². The van der Waals surface area contributed by atoms with E-state index in [0.29, 0.717) is 31.6 Å². The fourth-order valence-corrected chi connectivity index (χ4v) is 3.06. The summed E-state index contributed by atoms with van der Waals surface area (Å²) in [7, 11) is 0. The van der Waals surface area contributed by atoms with Crippen molar-refractivity contribution in [1.82, 2.24) is 9.88 Å². The van der Waals surface area contributed by atoms with Gasteiger partial charge in [-0.05, 0) is 38.8 Å². The average molecular weight is 421 g/mol. The summed E-state index contributed by atoms with van der Waals surface area (Å²) in [5.74, 6) is -4.24. The van der Waals surface area contributed by atoms with E-state index in [1.54, 1.807) is 0 Å². The van der Waals surface area contributed by atoms with Gasteiger partial charge in [0, 0.05) is 31.6 Å². The molecule has 30 heavy (non-hydrogen) atoms. The second-order valence-electron chi connectivity index (χ2n) is 7.19. The lowest BCUT2D eigenvalue weighted by atomic mass is 9.90. The molecule has 8 heteroatoms. The zero-order chi connectivity index (χ0) is 22.5. The third kappa shape index (κ3) is 6.05. The van der Waals surface area contributed by atoms with Crippen LogP contribution in [0, 0.1) is 5.92 Å². The molecule has 2 rings (SSSR count). The molecule has 0 aromatic carbocycles.